The Morgan fingerprint density at radius 1 is 1.07 bits per heavy atom. The summed E-state index contributed by atoms with van der Waals surface area (Å²) in [5.74, 6) is -0.318. The van der Waals surface area contributed by atoms with Crippen LogP contribution in [-0.4, -0.2) is 30.8 Å². The SMILES string of the molecule is Cc1nc2ccc(C(=O)Nc3ccc4c(c3)N(S(N)(=O)=O)CC4)cc2nc1C. The number of nitrogens with zero attached hydrogens (tertiary/aromatic N) is 3. The van der Waals surface area contributed by atoms with E-state index in [0.29, 0.717) is 35.4 Å². The number of carbonyl (C=O) groups is 1. The van der Waals surface area contributed by atoms with Gasteiger partial charge in [-0.15, -0.1) is 0 Å². The molecule has 0 saturated heterocycles. The van der Waals surface area contributed by atoms with E-state index in [1.165, 1.54) is 0 Å². The summed E-state index contributed by atoms with van der Waals surface area (Å²) in [5, 5.41) is 8.07. The first-order chi connectivity index (χ1) is 13.2. The maximum Gasteiger partial charge on any atom is 0.299 e. The van der Waals surface area contributed by atoms with Crippen LogP contribution in [0.5, 0.6) is 0 Å². The summed E-state index contributed by atoms with van der Waals surface area (Å²) < 4.78 is 24.6. The van der Waals surface area contributed by atoms with Gasteiger partial charge in [0.2, 0.25) is 0 Å². The van der Waals surface area contributed by atoms with Crippen molar-refractivity contribution in [3.8, 4) is 0 Å². The van der Waals surface area contributed by atoms with Crippen molar-refractivity contribution in [2.24, 2.45) is 5.14 Å². The van der Waals surface area contributed by atoms with Gasteiger partial charge < -0.3 is 5.32 Å². The summed E-state index contributed by atoms with van der Waals surface area (Å²) in [6, 6.07) is 10.3. The number of carbonyl (C=O) groups excluding carboxylic acids is 1. The van der Waals surface area contributed by atoms with Gasteiger partial charge in [0.15, 0.2) is 0 Å². The summed E-state index contributed by atoms with van der Waals surface area (Å²) in [6.07, 6.45) is 0.585. The molecule has 28 heavy (non-hydrogen) atoms. The van der Waals surface area contributed by atoms with Crippen molar-refractivity contribution >= 4 is 38.5 Å². The third kappa shape index (κ3) is 3.30. The molecule has 0 unspecified atom stereocenters. The molecule has 1 amide bonds. The molecule has 9 heteroatoms. The lowest BCUT2D eigenvalue weighted by Gasteiger charge is -2.16. The minimum Gasteiger partial charge on any atom is -0.322 e. The van der Waals surface area contributed by atoms with E-state index in [0.717, 1.165) is 26.8 Å². The van der Waals surface area contributed by atoms with Crippen LogP contribution in [-0.2, 0) is 16.6 Å². The van der Waals surface area contributed by atoms with Crippen molar-refractivity contribution in [2.75, 3.05) is 16.2 Å². The van der Waals surface area contributed by atoms with E-state index >= 15 is 0 Å². The van der Waals surface area contributed by atoms with Crippen molar-refractivity contribution in [2.45, 2.75) is 20.3 Å². The molecule has 2 heterocycles. The average Bonchev–Trinajstić information content (AvgIpc) is 3.06. The van der Waals surface area contributed by atoms with Crippen LogP contribution in [0.1, 0.15) is 27.3 Å². The van der Waals surface area contributed by atoms with Gasteiger partial charge in [0, 0.05) is 17.8 Å². The molecule has 1 aliphatic rings. The van der Waals surface area contributed by atoms with E-state index in [-0.39, 0.29) is 5.91 Å². The lowest BCUT2D eigenvalue weighted by atomic mass is 10.1. The number of aromatic nitrogens is 2. The molecular weight excluding hydrogens is 378 g/mol. The van der Waals surface area contributed by atoms with Gasteiger partial charge >= 0.3 is 0 Å². The van der Waals surface area contributed by atoms with E-state index in [1.807, 2.05) is 13.8 Å². The van der Waals surface area contributed by atoms with Crippen LogP contribution in [0, 0.1) is 13.8 Å². The highest BCUT2D eigenvalue weighted by Gasteiger charge is 2.27. The highest BCUT2D eigenvalue weighted by atomic mass is 32.2. The van der Waals surface area contributed by atoms with E-state index in [1.54, 1.807) is 36.4 Å². The number of rotatable bonds is 3. The Kier molecular flexibility index (Phi) is 4.28. The van der Waals surface area contributed by atoms with Gasteiger partial charge in [0.05, 0.1) is 28.1 Å². The second kappa shape index (κ2) is 6.54. The Hall–Kier alpha value is -3.04. The van der Waals surface area contributed by atoms with E-state index in [2.05, 4.69) is 15.3 Å². The Bertz CT molecular complexity index is 1220. The molecule has 4 rings (SSSR count). The van der Waals surface area contributed by atoms with Crippen molar-refractivity contribution in [1.82, 2.24) is 9.97 Å². The highest BCUT2D eigenvalue weighted by molar-refractivity contribution is 7.90. The number of benzene rings is 2. The molecule has 0 radical (unpaired) electrons. The predicted octanol–water partition coefficient (Wildman–Crippen LogP) is 2.06. The topological polar surface area (TPSA) is 118 Å². The normalized spacial score (nSPS) is 13.6. The number of nitrogens with one attached hydrogen (secondary N) is 1. The van der Waals surface area contributed by atoms with Gasteiger partial charge in [-0.3, -0.25) is 9.10 Å². The molecule has 2 aromatic carbocycles. The zero-order valence-corrected chi connectivity index (χ0v) is 16.2. The molecule has 3 aromatic rings. The first-order valence-corrected chi connectivity index (χ1v) is 10.2. The molecule has 0 fully saturated rings. The van der Waals surface area contributed by atoms with Crippen molar-refractivity contribution in [3.63, 3.8) is 0 Å². The lowest BCUT2D eigenvalue weighted by Crippen LogP contribution is -2.35. The fourth-order valence-electron chi connectivity index (χ4n) is 3.27. The van der Waals surface area contributed by atoms with E-state index in [4.69, 9.17) is 5.14 Å². The zero-order chi connectivity index (χ0) is 20.1. The lowest BCUT2D eigenvalue weighted by molar-refractivity contribution is 0.102. The predicted molar refractivity (Wildman–Crippen MR) is 108 cm³/mol. The van der Waals surface area contributed by atoms with Crippen LogP contribution in [0.2, 0.25) is 0 Å². The smallest absolute Gasteiger partial charge is 0.299 e. The number of anilines is 2. The third-order valence-electron chi connectivity index (χ3n) is 4.84. The minimum absolute atomic E-state index is 0.299. The number of hydrogen-bond donors (Lipinski definition) is 2. The Morgan fingerprint density at radius 3 is 2.50 bits per heavy atom. The van der Waals surface area contributed by atoms with Crippen molar-refractivity contribution in [3.05, 3.63) is 58.9 Å². The van der Waals surface area contributed by atoms with Gasteiger partial charge in [0.25, 0.3) is 16.1 Å². The van der Waals surface area contributed by atoms with Crippen LogP contribution >= 0.6 is 0 Å². The van der Waals surface area contributed by atoms with Crippen LogP contribution < -0.4 is 14.8 Å². The molecule has 0 aliphatic carbocycles. The largest absolute Gasteiger partial charge is 0.322 e. The molecule has 0 atom stereocenters. The van der Waals surface area contributed by atoms with Gasteiger partial charge in [-0.2, -0.15) is 8.42 Å². The van der Waals surface area contributed by atoms with E-state index in [9.17, 15) is 13.2 Å². The molecule has 0 spiro atoms. The summed E-state index contributed by atoms with van der Waals surface area (Å²) in [6.45, 7) is 4.06. The molecule has 1 aromatic heterocycles. The van der Waals surface area contributed by atoms with Crippen LogP contribution in [0.15, 0.2) is 36.4 Å². The van der Waals surface area contributed by atoms with Crippen LogP contribution in [0.3, 0.4) is 0 Å². The van der Waals surface area contributed by atoms with Gasteiger partial charge in [-0.25, -0.2) is 15.1 Å². The first-order valence-electron chi connectivity index (χ1n) is 8.72. The average molecular weight is 397 g/mol. The maximum atomic E-state index is 12.7. The molecule has 144 valence electrons. The zero-order valence-electron chi connectivity index (χ0n) is 15.4. The first kappa shape index (κ1) is 18.3. The molecule has 1 aliphatic heterocycles. The fraction of sp³-hybridized carbons (Fsp3) is 0.211. The maximum absolute atomic E-state index is 12.7. The van der Waals surface area contributed by atoms with Gasteiger partial charge in [0.1, 0.15) is 0 Å². The van der Waals surface area contributed by atoms with Crippen LogP contribution in [0.25, 0.3) is 11.0 Å². The quantitative estimate of drug-likeness (QED) is 0.701. The van der Waals surface area contributed by atoms with Gasteiger partial charge in [-0.1, -0.05) is 6.07 Å². The molecule has 8 nitrogen and oxygen atoms in total. The monoisotopic (exact) mass is 397 g/mol. The molecular formula is C19H19N5O3S. The van der Waals surface area contributed by atoms with E-state index < -0.39 is 10.2 Å². The molecule has 3 N–H and O–H groups in total. The Labute approximate surface area is 162 Å². The Morgan fingerprint density at radius 2 is 1.79 bits per heavy atom. The number of nitrogens with two attached hydrogens (primary N) is 1. The standard InChI is InChI=1S/C19H19N5O3S/c1-11-12(2)22-17-9-14(4-6-16(17)21-11)19(25)23-15-5-3-13-7-8-24(18(13)10-15)28(20,26)27/h3-6,9-10H,7-8H2,1-2H3,(H,23,25)(H2,20,26,27). The second-order valence-corrected chi connectivity index (χ2v) is 8.23. The Balaban J connectivity index is 1.62. The molecule has 0 saturated carbocycles. The number of hydrogen-bond acceptors (Lipinski definition) is 5. The fourth-order valence-corrected chi connectivity index (χ4v) is 4.06. The summed E-state index contributed by atoms with van der Waals surface area (Å²) in [5.41, 5.74) is 5.33. The summed E-state index contributed by atoms with van der Waals surface area (Å²) in [4.78, 5) is 21.6. The second-order valence-electron chi connectivity index (χ2n) is 6.76. The number of amides is 1. The number of fused-ring (bicyclic) bond motifs is 2. The summed E-state index contributed by atoms with van der Waals surface area (Å²) in [7, 11) is -3.84. The summed E-state index contributed by atoms with van der Waals surface area (Å²) >= 11 is 0. The number of aryl methyl sites for hydroxylation is 2. The van der Waals surface area contributed by atoms with Crippen molar-refractivity contribution < 1.29 is 13.2 Å². The minimum atomic E-state index is -3.84. The highest BCUT2D eigenvalue weighted by Crippen LogP contribution is 2.32. The van der Waals surface area contributed by atoms with Crippen molar-refractivity contribution in [1.29, 1.82) is 0 Å². The third-order valence-corrected chi connectivity index (χ3v) is 5.83. The van der Waals surface area contributed by atoms with Crippen LogP contribution in [0.4, 0.5) is 11.4 Å². The van der Waals surface area contributed by atoms with Gasteiger partial charge in [-0.05, 0) is 56.2 Å². The molecule has 0 bridgehead atoms.